The number of aryl methyl sites for hydroxylation is 1. The number of amides is 1. The van der Waals surface area contributed by atoms with E-state index in [1.807, 2.05) is 37.3 Å². The quantitative estimate of drug-likeness (QED) is 0.495. The minimum Gasteiger partial charge on any atom is -0.493 e. The number of rotatable bonds is 4. The molecular formula is C25H23FN4O3. The average Bonchev–Trinajstić information content (AvgIpc) is 3.14. The van der Waals surface area contributed by atoms with E-state index >= 15 is 0 Å². The molecule has 0 spiro atoms. The number of halogens is 1. The van der Waals surface area contributed by atoms with Crippen LogP contribution in [0.15, 0.2) is 60.8 Å². The molecule has 2 N–H and O–H groups in total. The van der Waals surface area contributed by atoms with Gasteiger partial charge in [0.2, 0.25) is 11.8 Å². The zero-order chi connectivity index (χ0) is 22.9. The molecule has 2 aromatic carbocycles. The van der Waals surface area contributed by atoms with Crippen LogP contribution in [-0.4, -0.2) is 51.6 Å². The van der Waals surface area contributed by atoms with Gasteiger partial charge in [0, 0.05) is 49.4 Å². The summed E-state index contributed by atoms with van der Waals surface area (Å²) in [5, 5.41) is 13.9. The minimum atomic E-state index is -0.438. The normalized spacial score (nSPS) is 13.9. The topological polar surface area (TPSA) is 79.6 Å². The summed E-state index contributed by atoms with van der Waals surface area (Å²) < 4.78 is 22.1. The summed E-state index contributed by atoms with van der Waals surface area (Å²) in [5.74, 6) is -0.295. The van der Waals surface area contributed by atoms with E-state index in [1.165, 1.54) is 24.4 Å². The molecule has 0 bridgehead atoms. The van der Waals surface area contributed by atoms with Crippen LogP contribution in [0.25, 0.3) is 16.6 Å². The first kappa shape index (κ1) is 21.0. The summed E-state index contributed by atoms with van der Waals surface area (Å²) in [5.41, 5.74) is 2.37. The van der Waals surface area contributed by atoms with Crippen molar-refractivity contribution in [3.8, 4) is 23.2 Å². The number of aromatic nitrogens is 2. The summed E-state index contributed by atoms with van der Waals surface area (Å²) in [4.78, 5) is 19.6. The number of benzene rings is 2. The zero-order valence-corrected chi connectivity index (χ0v) is 18.1. The lowest BCUT2D eigenvalue weighted by Gasteiger charge is -2.27. The van der Waals surface area contributed by atoms with Gasteiger partial charge in [-0.05, 0) is 30.7 Å². The largest absolute Gasteiger partial charge is 0.493 e. The molecule has 3 heterocycles. The third-order valence-electron chi connectivity index (χ3n) is 5.78. The van der Waals surface area contributed by atoms with Crippen molar-refractivity contribution < 1.29 is 19.0 Å². The highest BCUT2D eigenvalue weighted by atomic mass is 19.1. The molecule has 1 saturated heterocycles. The van der Waals surface area contributed by atoms with E-state index in [0.717, 1.165) is 11.3 Å². The zero-order valence-electron chi connectivity index (χ0n) is 18.1. The molecule has 7 nitrogen and oxygen atoms in total. The number of para-hydroxylation sites is 1. The monoisotopic (exact) mass is 446 g/mol. The summed E-state index contributed by atoms with van der Waals surface area (Å²) in [6, 6.07) is 15.2. The summed E-state index contributed by atoms with van der Waals surface area (Å²) >= 11 is 0. The number of carbonyl (C=O) groups is 1. The highest BCUT2D eigenvalue weighted by Crippen LogP contribution is 2.40. The molecule has 168 valence electrons. The molecule has 5 rings (SSSR count). The number of pyridine rings is 1. The van der Waals surface area contributed by atoms with Crippen LogP contribution in [0.2, 0.25) is 0 Å². The number of ether oxygens (including phenoxy) is 1. The molecule has 1 amide bonds. The number of hydrogen-bond acceptors (Lipinski definition) is 5. The van der Waals surface area contributed by atoms with E-state index in [4.69, 9.17) is 4.74 Å². The Balaban J connectivity index is 1.79. The van der Waals surface area contributed by atoms with Crippen LogP contribution in [0.1, 0.15) is 15.9 Å². The summed E-state index contributed by atoms with van der Waals surface area (Å²) in [7, 11) is 0. The Kier molecular flexibility index (Phi) is 5.43. The van der Waals surface area contributed by atoms with Crippen LogP contribution in [0, 0.1) is 12.7 Å². The molecule has 1 fully saturated rings. The fourth-order valence-electron chi connectivity index (χ4n) is 4.10. The molecule has 0 aliphatic carbocycles. The average molecular weight is 446 g/mol. The fourth-order valence-corrected chi connectivity index (χ4v) is 4.10. The van der Waals surface area contributed by atoms with Gasteiger partial charge in [-0.1, -0.05) is 24.3 Å². The highest BCUT2D eigenvalue weighted by molar-refractivity contribution is 6.10. The van der Waals surface area contributed by atoms with Crippen LogP contribution >= 0.6 is 0 Å². The second kappa shape index (κ2) is 8.55. The lowest BCUT2D eigenvalue weighted by molar-refractivity contribution is 0.0735. The number of fused-ring (bicyclic) bond motifs is 1. The van der Waals surface area contributed by atoms with Crippen molar-refractivity contribution in [1.29, 1.82) is 0 Å². The number of nitrogens with zero attached hydrogens (tertiary/aromatic N) is 3. The van der Waals surface area contributed by atoms with Gasteiger partial charge in [-0.3, -0.25) is 9.36 Å². The first-order valence-electron chi connectivity index (χ1n) is 10.8. The van der Waals surface area contributed by atoms with Gasteiger partial charge in [-0.2, -0.15) is 0 Å². The van der Waals surface area contributed by atoms with Gasteiger partial charge in [-0.15, -0.1) is 0 Å². The Morgan fingerprint density at radius 2 is 1.88 bits per heavy atom. The van der Waals surface area contributed by atoms with Crippen molar-refractivity contribution in [2.45, 2.75) is 6.92 Å². The van der Waals surface area contributed by atoms with Gasteiger partial charge in [-0.25, -0.2) is 9.37 Å². The Morgan fingerprint density at radius 3 is 2.64 bits per heavy atom. The molecule has 33 heavy (non-hydrogen) atoms. The number of piperazine rings is 1. The number of carbonyl (C=O) groups excluding carboxylic acids is 1. The highest BCUT2D eigenvalue weighted by Gasteiger charge is 2.30. The molecular weight excluding hydrogens is 423 g/mol. The van der Waals surface area contributed by atoms with E-state index in [9.17, 15) is 14.3 Å². The smallest absolute Gasteiger partial charge is 0.260 e. The second-order valence-electron chi connectivity index (χ2n) is 7.96. The molecule has 1 aliphatic heterocycles. The van der Waals surface area contributed by atoms with E-state index < -0.39 is 5.82 Å². The van der Waals surface area contributed by atoms with Crippen LogP contribution in [-0.2, 0) is 0 Å². The van der Waals surface area contributed by atoms with Gasteiger partial charge in [0.25, 0.3) is 5.91 Å². The van der Waals surface area contributed by atoms with Crippen molar-refractivity contribution >= 4 is 16.8 Å². The molecule has 0 radical (unpaired) electrons. The van der Waals surface area contributed by atoms with Crippen LogP contribution in [0.5, 0.6) is 17.5 Å². The van der Waals surface area contributed by atoms with Gasteiger partial charge >= 0.3 is 0 Å². The molecule has 0 unspecified atom stereocenters. The molecule has 0 atom stereocenters. The SMILES string of the molecule is Cc1ccc(F)cc1Oc1c(C(=O)N2CCNCC2)c2cc(O)ncc2n1-c1ccccc1. The van der Waals surface area contributed by atoms with Gasteiger partial charge in [0.1, 0.15) is 17.1 Å². The Labute approximate surface area is 190 Å². The maximum absolute atomic E-state index is 14.1. The fraction of sp³-hybridized carbons (Fsp3) is 0.200. The maximum Gasteiger partial charge on any atom is 0.260 e. The van der Waals surface area contributed by atoms with Crippen molar-refractivity contribution in [3.05, 3.63) is 77.7 Å². The molecule has 1 aliphatic rings. The molecule has 4 aromatic rings. The van der Waals surface area contributed by atoms with Crippen LogP contribution < -0.4 is 10.1 Å². The second-order valence-corrected chi connectivity index (χ2v) is 7.96. The molecule has 8 heteroatoms. The number of hydrogen-bond donors (Lipinski definition) is 2. The Bertz CT molecular complexity index is 1330. The molecule has 2 aromatic heterocycles. The number of aromatic hydroxyl groups is 1. The van der Waals surface area contributed by atoms with Gasteiger partial charge in [0.15, 0.2) is 0 Å². The predicted octanol–water partition coefficient (Wildman–Crippen LogP) is 4.02. The first-order valence-corrected chi connectivity index (χ1v) is 10.8. The van der Waals surface area contributed by atoms with Crippen LogP contribution in [0.3, 0.4) is 0 Å². The van der Waals surface area contributed by atoms with Crippen molar-refractivity contribution in [2.75, 3.05) is 26.2 Å². The van der Waals surface area contributed by atoms with E-state index in [0.29, 0.717) is 48.4 Å². The third kappa shape index (κ3) is 3.89. The van der Waals surface area contributed by atoms with E-state index in [-0.39, 0.29) is 17.7 Å². The van der Waals surface area contributed by atoms with E-state index in [1.54, 1.807) is 15.5 Å². The van der Waals surface area contributed by atoms with Crippen molar-refractivity contribution in [2.24, 2.45) is 0 Å². The summed E-state index contributed by atoms with van der Waals surface area (Å²) in [6.07, 6.45) is 1.51. The van der Waals surface area contributed by atoms with Crippen molar-refractivity contribution in [1.82, 2.24) is 19.8 Å². The predicted molar refractivity (Wildman–Crippen MR) is 123 cm³/mol. The van der Waals surface area contributed by atoms with Gasteiger partial charge in [0.05, 0.1) is 11.7 Å². The van der Waals surface area contributed by atoms with E-state index in [2.05, 4.69) is 10.3 Å². The van der Waals surface area contributed by atoms with Crippen molar-refractivity contribution in [3.63, 3.8) is 0 Å². The minimum absolute atomic E-state index is 0.199. The van der Waals surface area contributed by atoms with Crippen LogP contribution in [0.4, 0.5) is 4.39 Å². The van der Waals surface area contributed by atoms with Gasteiger partial charge < -0.3 is 20.1 Å². The standard InChI is InChI=1S/C25H23FN4O3/c1-16-7-8-17(26)13-21(16)33-25-23(24(32)29-11-9-27-10-12-29)19-14-22(31)28-15-20(19)30(25)18-5-3-2-4-6-18/h2-8,13-15,27H,9-12H2,1H3,(H,28,31). The molecule has 0 saturated carbocycles. The Hall–Kier alpha value is -3.91. The number of nitrogens with one attached hydrogen (secondary N) is 1. The summed E-state index contributed by atoms with van der Waals surface area (Å²) in [6.45, 7) is 4.29. The lowest BCUT2D eigenvalue weighted by Crippen LogP contribution is -2.46. The Morgan fingerprint density at radius 1 is 1.12 bits per heavy atom. The third-order valence-corrected chi connectivity index (χ3v) is 5.78. The maximum atomic E-state index is 14.1. The lowest BCUT2D eigenvalue weighted by atomic mass is 10.1. The first-order chi connectivity index (χ1) is 16.0.